The molecular weight excluding hydrogens is 228 g/mol. The van der Waals surface area contributed by atoms with Gasteiger partial charge in [0.1, 0.15) is 13.2 Å². The Kier molecular flexibility index (Phi) is 3.84. The number of fused-ring (bicyclic) bond motifs is 1. The first kappa shape index (κ1) is 12.9. The Hall–Kier alpha value is -1.58. The lowest BCUT2D eigenvalue weighted by Crippen LogP contribution is -2.22. The Morgan fingerprint density at radius 1 is 1.22 bits per heavy atom. The second kappa shape index (κ2) is 5.38. The molecule has 18 heavy (non-hydrogen) atoms. The summed E-state index contributed by atoms with van der Waals surface area (Å²) in [5.74, 6) is 2.23. The third-order valence-corrected chi connectivity index (χ3v) is 3.14. The summed E-state index contributed by atoms with van der Waals surface area (Å²) in [5.41, 5.74) is 7.83. The van der Waals surface area contributed by atoms with Crippen molar-refractivity contribution in [2.24, 2.45) is 5.92 Å². The fourth-order valence-electron chi connectivity index (χ4n) is 2.00. The van der Waals surface area contributed by atoms with E-state index in [9.17, 15) is 0 Å². The van der Waals surface area contributed by atoms with E-state index in [4.69, 9.17) is 15.2 Å². The lowest BCUT2D eigenvalue weighted by molar-refractivity contribution is 0.172. The molecule has 0 radical (unpaired) electrons. The zero-order valence-corrected chi connectivity index (χ0v) is 11.4. The third-order valence-electron chi connectivity index (χ3n) is 3.14. The Morgan fingerprint density at radius 2 is 1.83 bits per heavy atom. The first-order valence-electron chi connectivity index (χ1n) is 6.48. The van der Waals surface area contributed by atoms with Crippen molar-refractivity contribution in [2.75, 3.05) is 37.4 Å². The van der Waals surface area contributed by atoms with Gasteiger partial charge in [0.15, 0.2) is 11.5 Å². The van der Waals surface area contributed by atoms with Crippen LogP contribution in [-0.2, 0) is 0 Å². The fraction of sp³-hybridized carbons (Fsp3) is 0.571. The van der Waals surface area contributed by atoms with E-state index >= 15 is 0 Å². The maximum atomic E-state index is 6.07. The molecule has 0 atom stereocenters. The maximum absolute atomic E-state index is 6.07. The average Bonchev–Trinajstić information content (AvgIpc) is 2.35. The number of nitrogens with two attached hydrogens (primary N) is 1. The van der Waals surface area contributed by atoms with Crippen molar-refractivity contribution in [2.45, 2.75) is 20.3 Å². The predicted molar refractivity (Wildman–Crippen MR) is 74.6 cm³/mol. The van der Waals surface area contributed by atoms with Crippen molar-refractivity contribution in [3.8, 4) is 11.5 Å². The summed E-state index contributed by atoms with van der Waals surface area (Å²) in [7, 11) is 2.06. The molecule has 2 N–H and O–H groups in total. The van der Waals surface area contributed by atoms with Crippen LogP contribution in [0.2, 0.25) is 0 Å². The Bertz CT molecular complexity index is 419. The zero-order valence-electron chi connectivity index (χ0n) is 11.4. The second-order valence-corrected chi connectivity index (χ2v) is 5.16. The molecule has 0 aliphatic carbocycles. The van der Waals surface area contributed by atoms with Crippen molar-refractivity contribution >= 4 is 11.4 Å². The van der Waals surface area contributed by atoms with Gasteiger partial charge in [0.25, 0.3) is 0 Å². The summed E-state index contributed by atoms with van der Waals surface area (Å²) in [6.45, 7) is 6.63. The lowest BCUT2D eigenvalue weighted by atomic mass is 10.1. The van der Waals surface area contributed by atoms with E-state index in [0.717, 1.165) is 35.8 Å². The zero-order chi connectivity index (χ0) is 13.1. The van der Waals surface area contributed by atoms with E-state index in [0.29, 0.717) is 19.1 Å². The molecule has 0 aromatic heterocycles. The topological polar surface area (TPSA) is 47.7 Å². The molecule has 100 valence electrons. The van der Waals surface area contributed by atoms with Crippen LogP contribution in [0.1, 0.15) is 20.3 Å². The number of benzene rings is 1. The minimum Gasteiger partial charge on any atom is -0.486 e. The minimum absolute atomic E-state index is 0.592. The first-order chi connectivity index (χ1) is 8.58. The maximum Gasteiger partial charge on any atom is 0.163 e. The SMILES string of the molecule is CC(C)CCN(C)c1cc2c(cc1N)OCCO2. The quantitative estimate of drug-likeness (QED) is 0.834. The Balaban J connectivity index is 2.17. The molecule has 1 aliphatic rings. The van der Waals surface area contributed by atoms with Gasteiger partial charge in [-0.15, -0.1) is 0 Å². The van der Waals surface area contributed by atoms with Gasteiger partial charge >= 0.3 is 0 Å². The highest BCUT2D eigenvalue weighted by molar-refractivity contribution is 5.73. The number of ether oxygens (including phenoxy) is 2. The fourth-order valence-corrected chi connectivity index (χ4v) is 2.00. The number of hydrogen-bond acceptors (Lipinski definition) is 4. The molecule has 2 rings (SSSR count). The van der Waals surface area contributed by atoms with Crippen molar-refractivity contribution in [3.63, 3.8) is 0 Å². The van der Waals surface area contributed by atoms with Gasteiger partial charge in [-0.25, -0.2) is 0 Å². The van der Waals surface area contributed by atoms with Gasteiger partial charge in [-0.3, -0.25) is 0 Å². The van der Waals surface area contributed by atoms with Crippen molar-refractivity contribution in [3.05, 3.63) is 12.1 Å². The van der Waals surface area contributed by atoms with Crippen LogP contribution in [0.15, 0.2) is 12.1 Å². The lowest BCUT2D eigenvalue weighted by Gasteiger charge is -2.25. The smallest absolute Gasteiger partial charge is 0.163 e. The molecule has 0 saturated carbocycles. The Labute approximate surface area is 109 Å². The molecule has 0 spiro atoms. The molecule has 0 saturated heterocycles. The van der Waals surface area contributed by atoms with Crippen LogP contribution in [-0.4, -0.2) is 26.8 Å². The number of nitrogens with zero attached hydrogens (tertiary/aromatic N) is 1. The van der Waals surface area contributed by atoms with Gasteiger partial charge in [-0.2, -0.15) is 0 Å². The van der Waals surface area contributed by atoms with Crippen molar-refractivity contribution < 1.29 is 9.47 Å². The molecule has 1 aromatic carbocycles. The normalized spacial score (nSPS) is 13.8. The highest BCUT2D eigenvalue weighted by Crippen LogP contribution is 2.38. The van der Waals surface area contributed by atoms with Crippen LogP contribution in [0, 0.1) is 5.92 Å². The van der Waals surface area contributed by atoms with Crippen LogP contribution in [0.4, 0.5) is 11.4 Å². The van der Waals surface area contributed by atoms with Gasteiger partial charge in [0.2, 0.25) is 0 Å². The molecule has 0 unspecified atom stereocenters. The van der Waals surface area contributed by atoms with Crippen LogP contribution in [0.25, 0.3) is 0 Å². The van der Waals surface area contributed by atoms with E-state index in [-0.39, 0.29) is 0 Å². The molecule has 1 heterocycles. The highest BCUT2D eigenvalue weighted by Gasteiger charge is 2.16. The number of nitrogen functional groups attached to an aromatic ring is 1. The standard InChI is InChI=1S/C14H22N2O2/c1-10(2)4-5-16(3)12-9-14-13(8-11(12)15)17-6-7-18-14/h8-10H,4-7,15H2,1-3H3. The van der Waals surface area contributed by atoms with E-state index in [1.165, 1.54) is 0 Å². The molecular formula is C14H22N2O2. The molecule has 0 amide bonds. The second-order valence-electron chi connectivity index (χ2n) is 5.16. The molecule has 1 aliphatic heterocycles. The average molecular weight is 250 g/mol. The van der Waals surface area contributed by atoms with E-state index in [2.05, 4.69) is 25.8 Å². The van der Waals surface area contributed by atoms with Crippen molar-refractivity contribution in [1.82, 2.24) is 0 Å². The van der Waals surface area contributed by atoms with E-state index in [1.807, 2.05) is 12.1 Å². The summed E-state index contributed by atoms with van der Waals surface area (Å²) in [4.78, 5) is 2.17. The summed E-state index contributed by atoms with van der Waals surface area (Å²) in [6.07, 6.45) is 1.14. The molecule has 4 heteroatoms. The number of hydrogen-bond donors (Lipinski definition) is 1. The molecule has 0 bridgehead atoms. The summed E-state index contributed by atoms with van der Waals surface area (Å²) in [5, 5.41) is 0. The van der Waals surface area contributed by atoms with Gasteiger partial charge in [-0.1, -0.05) is 13.8 Å². The first-order valence-corrected chi connectivity index (χ1v) is 6.48. The van der Waals surface area contributed by atoms with Gasteiger partial charge in [0, 0.05) is 25.7 Å². The van der Waals surface area contributed by atoms with Crippen molar-refractivity contribution in [1.29, 1.82) is 0 Å². The number of rotatable bonds is 4. The van der Waals surface area contributed by atoms with E-state index in [1.54, 1.807) is 0 Å². The highest BCUT2D eigenvalue weighted by atomic mass is 16.6. The molecule has 1 aromatic rings. The van der Waals surface area contributed by atoms with Crippen LogP contribution < -0.4 is 20.1 Å². The summed E-state index contributed by atoms with van der Waals surface area (Å²) < 4.78 is 11.1. The third kappa shape index (κ3) is 2.81. The van der Waals surface area contributed by atoms with E-state index < -0.39 is 0 Å². The molecule has 0 fully saturated rings. The van der Waals surface area contributed by atoms with Gasteiger partial charge < -0.3 is 20.1 Å². The van der Waals surface area contributed by atoms with Crippen LogP contribution >= 0.6 is 0 Å². The largest absolute Gasteiger partial charge is 0.486 e. The van der Waals surface area contributed by atoms with Gasteiger partial charge in [0.05, 0.1) is 11.4 Å². The van der Waals surface area contributed by atoms with Crippen LogP contribution in [0.5, 0.6) is 11.5 Å². The summed E-state index contributed by atoms with van der Waals surface area (Å²) in [6, 6.07) is 3.83. The van der Waals surface area contributed by atoms with Crippen LogP contribution in [0.3, 0.4) is 0 Å². The monoisotopic (exact) mass is 250 g/mol. The Morgan fingerprint density at radius 3 is 2.44 bits per heavy atom. The summed E-state index contributed by atoms with van der Waals surface area (Å²) >= 11 is 0. The predicted octanol–water partition coefficient (Wildman–Crippen LogP) is 2.52. The number of anilines is 2. The molecule has 4 nitrogen and oxygen atoms in total. The van der Waals surface area contributed by atoms with Gasteiger partial charge in [-0.05, 0) is 12.3 Å². The minimum atomic E-state index is 0.592.